The van der Waals surface area contributed by atoms with Gasteiger partial charge in [0.15, 0.2) is 0 Å². The largest absolute Gasteiger partial charge is 0.398 e. The van der Waals surface area contributed by atoms with Crippen molar-refractivity contribution < 1.29 is 4.79 Å². The fourth-order valence-corrected chi connectivity index (χ4v) is 2.35. The molecule has 1 heterocycles. The lowest BCUT2D eigenvalue weighted by atomic mass is 10.1. The minimum absolute atomic E-state index is 0.0711. The Morgan fingerprint density at radius 3 is 2.89 bits per heavy atom. The van der Waals surface area contributed by atoms with Crippen LogP contribution in [0.5, 0.6) is 0 Å². The van der Waals surface area contributed by atoms with Crippen LogP contribution >= 0.6 is 11.3 Å². The van der Waals surface area contributed by atoms with E-state index in [1.165, 1.54) is 4.88 Å². The lowest BCUT2D eigenvalue weighted by Gasteiger charge is -2.06. The highest BCUT2D eigenvalue weighted by molar-refractivity contribution is 7.09. The molecule has 0 bridgehead atoms. The maximum atomic E-state index is 11.9. The molecule has 3 N–H and O–H groups in total. The minimum atomic E-state index is -0.0711. The fraction of sp³-hybridized carbons (Fsp3) is 0.214. The number of carbonyl (C=O) groups is 1. The van der Waals surface area contributed by atoms with Crippen LogP contribution in [0.1, 0.15) is 20.8 Å². The number of amides is 1. The van der Waals surface area contributed by atoms with Crippen LogP contribution in [0.2, 0.25) is 0 Å². The van der Waals surface area contributed by atoms with Gasteiger partial charge in [0.2, 0.25) is 0 Å². The van der Waals surface area contributed by atoms with Gasteiger partial charge in [0, 0.05) is 22.7 Å². The normalized spacial score (nSPS) is 10.3. The standard InChI is InChI=1S/C14H16N2OS/c1-10-4-5-11(9-13(10)15)14(17)16-7-6-12-3-2-8-18-12/h2-5,8-9H,6-7,15H2,1H3,(H,16,17). The van der Waals surface area contributed by atoms with Crippen LogP contribution in [0.4, 0.5) is 5.69 Å². The van der Waals surface area contributed by atoms with Gasteiger partial charge in [0.1, 0.15) is 0 Å². The van der Waals surface area contributed by atoms with E-state index in [1.807, 2.05) is 24.4 Å². The van der Waals surface area contributed by atoms with Crippen molar-refractivity contribution in [3.63, 3.8) is 0 Å². The molecule has 1 aromatic heterocycles. The Hall–Kier alpha value is -1.81. The summed E-state index contributed by atoms with van der Waals surface area (Å²) in [5.41, 5.74) is 8.05. The third kappa shape index (κ3) is 3.11. The van der Waals surface area contributed by atoms with Crippen molar-refractivity contribution in [2.24, 2.45) is 0 Å². The Bertz CT molecular complexity index is 535. The van der Waals surface area contributed by atoms with Crippen molar-refractivity contribution >= 4 is 22.9 Å². The SMILES string of the molecule is Cc1ccc(C(=O)NCCc2cccs2)cc1N. The van der Waals surface area contributed by atoms with Crippen LogP contribution < -0.4 is 11.1 Å². The molecule has 0 atom stereocenters. The highest BCUT2D eigenvalue weighted by Gasteiger charge is 2.06. The Labute approximate surface area is 111 Å². The van der Waals surface area contributed by atoms with E-state index in [9.17, 15) is 4.79 Å². The van der Waals surface area contributed by atoms with Gasteiger partial charge in [0.25, 0.3) is 5.91 Å². The van der Waals surface area contributed by atoms with Crippen molar-refractivity contribution in [3.05, 3.63) is 51.7 Å². The summed E-state index contributed by atoms with van der Waals surface area (Å²) in [4.78, 5) is 13.2. The average molecular weight is 260 g/mol. The second kappa shape index (κ2) is 5.69. The predicted molar refractivity (Wildman–Crippen MR) is 75.9 cm³/mol. The molecule has 4 heteroatoms. The van der Waals surface area contributed by atoms with E-state index in [4.69, 9.17) is 5.73 Å². The molecule has 0 fully saturated rings. The minimum Gasteiger partial charge on any atom is -0.398 e. The number of benzene rings is 1. The molecule has 18 heavy (non-hydrogen) atoms. The van der Waals surface area contributed by atoms with Crippen molar-refractivity contribution in [1.29, 1.82) is 0 Å². The zero-order chi connectivity index (χ0) is 13.0. The Balaban J connectivity index is 1.89. The molecule has 2 aromatic rings. The average Bonchev–Trinajstić information content (AvgIpc) is 2.85. The molecule has 0 unspecified atom stereocenters. The number of nitrogens with one attached hydrogen (secondary N) is 1. The summed E-state index contributed by atoms with van der Waals surface area (Å²) in [6, 6.07) is 9.47. The summed E-state index contributed by atoms with van der Waals surface area (Å²) < 4.78 is 0. The number of hydrogen-bond acceptors (Lipinski definition) is 3. The summed E-state index contributed by atoms with van der Waals surface area (Å²) >= 11 is 1.70. The van der Waals surface area contributed by atoms with Crippen LogP contribution in [0.25, 0.3) is 0 Å². The maximum absolute atomic E-state index is 11.9. The Morgan fingerprint density at radius 1 is 1.39 bits per heavy atom. The quantitative estimate of drug-likeness (QED) is 0.830. The summed E-state index contributed by atoms with van der Waals surface area (Å²) in [5, 5.41) is 4.94. The van der Waals surface area contributed by atoms with Crippen molar-refractivity contribution in [1.82, 2.24) is 5.32 Å². The zero-order valence-electron chi connectivity index (χ0n) is 10.3. The lowest BCUT2D eigenvalue weighted by molar-refractivity contribution is 0.0954. The molecule has 1 aromatic carbocycles. The van der Waals surface area contributed by atoms with Crippen LogP contribution in [-0.2, 0) is 6.42 Å². The van der Waals surface area contributed by atoms with Crippen molar-refractivity contribution in [3.8, 4) is 0 Å². The van der Waals surface area contributed by atoms with Gasteiger partial charge >= 0.3 is 0 Å². The van der Waals surface area contributed by atoms with Crippen LogP contribution in [0, 0.1) is 6.92 Å². The summed E-state index contributed by atoms with van der Waals surface area (Å²) in [6.45, 7) is 2.57. The van der Waals surface area contributed by atoms with E-state index in [0.717, 1.165) is 12.0 Å². The van der Waals surface area contributed by atoms with Gasteiger partial charge in [-0.25, -0.2) is 0 Å². The first-order valence-electron chi connectivity index (χ1n) is 5.83. The van der Waals surface area contributed by atoms with Gasteiger partial charge in [-0.15, -0.1) is 11.3 Å². The van der Waals surface area contributed by atoms with E-state index in [1.54, 1.807) is 23.5 Å². The third-order valence-corrected chi connectivity index (χ3v) is 3.71. The number of anilines is 1. The number of hydrogen-bond donors (Lipinski definition) is 2. The third-order valence-electron chi connectivity index (χ3n) is 2.78. The molecule has 0 aliphatic rings. The second-order valence-corrected chi connectivity index (χ2v) is 5.19. The number of carbonyl (C=O) groups excluding carboxylic acids is 1. The van der Waals surface area contributed by atoms with Gasteiger partial charge < -0.3 is 11.1 Å². The van der Waals surface area contributed by atoms with E-state index < -0.39 is 0 Å². The molecule has 0 aliphatic carbocycles. The monoisotopic (exact) mass is 260 g/mol. The van der Waals surface area contributed by atoms with E-state index >= 15 is 0 Å². The Morgan fingerprint density at radius 2 is 2.22 bits per heavy atom. The molecule has 0 spiro atoms. The summed E-state index contributed by atoms with van der Waals surface area (Å²) in [5.74, 6) is -0.0711. The van der Waals surface area contributed by atoms with Gasteiger partial charge in [-0.2, -0.15) is 0 Å². The molecular formula is C14H16N2OS. The van der Waals surface area contributed by atoms with Gasteiger partial charge in [-0.1, -0.05) is 12.1 Å². The first kappa shape index (κ1) is 12.6. The molecular weight excluding hydrogens is 244 g/mol. The van der Waals surface area contributed by atoms with E-state index in [-0.39, 0.29) is 5.91 Å². The van der Waals surface area contributed by atoms with Crippen LogP contribution in [0.15, 0.2) is 35.7 Å². The summed E-state index contributed by atoms with van der Waals surface area (Å²) in [7, 11) is 0. The fourth-order valence-electron chi connectivity index (χ4n) is 1.64. The van der Waals surface area contributed by atoms with E-state index in [2.05, 4.69) is 11.4 Å². The zero-order valence-corrected chi connectivity index (χ0v) is 11.1. The molecule has 3 nitrogen and oxygen atoms in total. The van der Waals surface area contributed by atoms with Crippen LogP contribution in [-0.4, -0.2) is 12.5 Å². The molecule has 1 amide bonds. The van der Waals surface area contributed by atoms with Gasteiger partial charge in [-0.3, -0.25) is 4.79 Å². The maximum Gasteiger partial charge on any atom is 0.251 e. The topological polar surface area (TPSA) is 55.1 Å². The number of rotatable bonds is 4. The van der Waals surface area contributed by atoms with Crippen molar-refractivity contribution in [2.45, 2.75) is 13.3 Å². The lowest BCUT2D eigenvalue weighted by Crippen LogP contribution is -2.25. The highest BCUT2D eigenvalue weighted by atomic mass is 32.1. The molecule has 0 aliphatic heterocycles. The molecule has 94 valence electrons. The van der Waals surface area contributed by atoms with Crippen LogP contribution in [0.3, 0.4) is 0 Å². The molecule has 0 radical (unpaired) electrons. The predicted octanol–water partition coefficient (Wildman–Crippen LogP) is 2.61. The number of nitrogen functional groups attached to an aromatic ring is 1. The van der Waals surface area contributed by atoms with E-state index in [0.29, 0.717) is 17.8 Å². The second-order valence-electron chi connectivity index (χ2n) is 4.16. The number of thiophene rings is 1. The summed E-state index contributed by atoms with van der Waals surface area (Å²) in [6.07, 6.45) is 0.866. The highest BCUT2D eigenvalue weighted by Crippen LogP contribution is 2.13. The smallest absolute Gasteiger partial charge is 0.251 e. The van der Waals surface area contributed by atoms with Gasteiger partial charge in [0.05, 0.1) is 0 Å². The first-order valence-corrected chi connectivity index (χ1v) is 6.71. The molecule has 0 saturated heterocycles. The molecule has 2 rings (SSSR count). The number of nitrogens with two attached hydrogens (primary N) is 1. The Kier molecular flexibility index (Phi) is 3.99. The number of aryl methyl sites for hydroxylation is 1. The van der Waals surface area contributed by atoms with Crippen molar-refractivity contribution in [2.75, 3.05) is 12.3 Å². The first-order chi connectivity index (χ1) is 8.66. The molecule has 0 saturated carbocycles. The van der Waals surface area contributed by atoms with Gasteiger partial charge in [-0.05, 0) is 42.5 Å².